The number of benzene rings is 1. The second kappa shape index (κ2) is 5.16. The van der Waals surface area contributed by atoms with Crippen molar-refractivity contribution < 1.29 is 0 Å². The lowest BCUT2D eigenvalue weighted by Gasteiger charge is -2.60. The Labute approximate surface area is 122 Å². The van der Waals surface area contributed by atoms with Crippen LogP contribution in [0.15, 0.2) is 30.3 Å². The van der Waals surface area contributed by atoms with Gasteiger partial charge < -0.3 is 5.32 Å². The average Bonchev–Trinajstić information content (AvgIpc) is 2.98. The topological polar surface area (TPSA) is 15.3 Å². The van der Waals surface area contributed by atoms with Crippen LogP contribution in [0.25, 0.3) is 0 Å². The molecule has 0 aromatic heterocycles. The Morgan fingerprint density at radius 2 is 1.70 bits per heavy atom. The minimum absolute atomic E-state index is 0.617. The van der Waals surface area contributed by atoms with Gasteiger partial charge in [-0.15, -0.1) is 0 Å². The average molecular weight is 270 g/mol. The number of nitrogens with one attached hydrogen (secondary N) is 1. The van der Waals surface area contributed by atoms with E-state index in [0.29, 0.717) is 11.5 Å². The van der Waals surface area contributed by atoms with Gasteiger partial charge in [-0.25, -0.2) is 0 Å². The number of piperidine rings is 1. The van der Waals surface area contributed by atoms with E-state index in [9.17, 15) is 0 Å². The van der Waals surface area contributed by atoms with Gasteiger partial charge in [0.25, 0.3) is 0 Å². The third kappa shape index (κ3) is 2.01. The van der Waals surface area contributed by atoms with Gasteiger partial charge in [-0.05, 0) is 44.3 Å². The van der Waals surface area contributed by atoms with E-state index in [-0.39, 0.29) is 0 Å². The first-order chi connectivity index (χ1) is 9.89. The molecule has 108 valence electrons. The van der Waals surface area contributed by atoms with E-state index in [4.69, 9.17) is 0 Å². The molecular weight excluding hydrogens is 244 g/mol. The van der Waals surface area contributed by atoms with Gasteiger partial charge in [-0.1, -0.05) is 43.2 Å². The van der Waals surface area contributed by atoms with Gasteiger partial charge in [0.2, 0.25) is 0 Å². The van der Waals surface area contributed by atoms with Crippen molar-refractivity contribution >= 4 is 0 Å². The van der Waals surface area contributed by atoms with Crippen LogP contribution in [0.1, 0.15) is 50.1 Å². The zero-order valence-corrected chi connectivity index (χ0v) is 12.4. The standard InChI is InChI=1S/C18H26N2/c1-2-6-15(7-3-1)17-18(10-4-5-11-18)14-20(17)16-8-12-19-13-9-16/h1-3,6-7,16-17,19H,4-5,8-14H2/t17-/m1/s1. The van der Waals surface area contributed by atoms with Crippen LogP contribution >= 0.6 is 0 Å². The largest absolute Gasteiger partial charge is 0.317 e. The Morgan fingerprint density at radius 1 is 1.00 bits per heavy atom. The maximum atomic E-state index is 3.51. The molecule has 1 N–H and O–H groups in total. The van der Waals surface area contributed by atoms with Crippen molar-refractivity contribution in [3.05, 3.63) is 35.9 Å². The Morgan fingerprint density at radius 3 is 2.40 bits per heavy atom. The molecule has 1 atom stereocenters. The highest BCUT2D eigenvalue weighted by atomic mass is 15.3. The molecule has 0 radical (unpaired) electrons. The molecule has 1 aromatic rings. The maximum Gasteiger partial charge on any atom is 0.0419 e. The summed E-state index contributed by atoms with van der Waals surface area (Å²) in [5.41, 5.74) is 2.19. The van der Waals surface area contributed by atoms with Crippen molar-refractivity contribution in [1.29, 1.82) is 0 Å². The van der Waals surface area contributed by atoms with Crippen LogP contribution < -0.4 is 5.32 Å². The maximum absolute atomic E-state index is 3.51. The van der Waals surface area contributed by atoms with Crippen molar-refractivity contribution in [3.8, 4) is 0 Å². The summed E-state index contributed by atoms with van der Waals surface area (Å²) in [6.45, 7) is 3.77. The Balaban J connectivity index is 1.60. The predicted octanol–water partition coefficient (Wildman–Crippen LogP) is 3.36. The summed E-state index contributed by atoms with van der Waals surface area (Å²) in [6, 6.07) is 12.8. The fraction of sp³-hybridized carbons (Fsp3) is 0.667. The van der Waals surface area contributed by atoms with E-state index in [2.05, 4.69) is 40.5 Å². The molecule has 3 aliphatic rings. The van der Waals surface area contributed by atoms with Crippen LogP contribution in [0.2, 0.25) is 0 Å². The van der Waals surface area contributed by atoms with Gasteiger partial charge in [0, 0.05) is 24.0 Å². The molecule has 0 amide bonds. The van der Waals surface area contributed by atoms with Crippen LogP contribution in [-0.4, -0.2) is 30.6 Å². The highest BCUT2D eigenvalue weighted by Gasteiger charge is 2.55. The minimum Gasteiger partial charge on any atom is -0.317 e. The highest BCUT2D eigenvalue weighted by Crippen LogP contribution is 2.59. The summed E-state index contributed by atoms with van der Waals surface area (Å²) in [4.78, 5) is 2.83. The molecule has 2 nitrogen and oxygen atoms in total. The zero-order chi connectivity index (χ0) is 13.4. The summed E-state index contributed by atoms with van der Waals surface area (Å²) in [5.74, 6) is 0. The molecule has 1 aromatic carbocycles. The third-order valence-electron chi connectivity index (χ3n) is 5.90. The van der Waals surface area contributed by atoms with E-state index in [0.717, 1.165) is 6.04 Å². The van der Waals surface area contributed by atoms with Gasteiger partial charge in [-0.3, -0.25) is 4.90 Å². The molecule has 3 fully saturated rings. The van der Waals surface area contributed by atoms with Crippen molar-refractivity contribution in [2.45, 2.75) is 50.6 Å². The van der Waals surface area contributed by atoms with Crippen molar-refractivity contribution in [2.24, 2.45) is 5.41 Å². The first kappa shape index (κ1) is 12.8. The molecule has 2 heterocycles. The molecule has 2 heteroatoms. The quantitative estimate of drug-likeness (QED) is 0.886. The molecule has 20 heavy (non-hydrogen) atoms. The van der Waals surface area contributed by atoms with Crippen molar-refractivity contribution in [2.75, 3.05) is 19.6 Å². The Kier molecular flexibility index (Phi) is 3.31. The fourth-order valence-corrected chi connectivity index (χ4v) is 4.95. The van der Waals surface area contributed by atoms with Crippen LogP contribution in [-0.2, 0) is 0 Å². The summed E-state index contributed by atoms with van der Waals surface area (Å²) in [6.07, 6.45) is 8.47. The van der Waals surface area contributed by atoms with Gasteiger partial charge in [-0.2, -0.15) is 0 Å². The third-order valence-corrected chi connectivity index (χ3v) is 5.90. The number of likely N-dealkylation sites (tertiary alicyclic amines) is 1. The van der Waals surface area contributed by atoms with Gasteiger partial charge >= 0.3 is 0 Å². The number of hydrogen-bond donors (Lipinski definition) is 1. The smallest absolute Gasteiger partial charge is 0.0419 e. The molecule has 0 unspecified atom stereocenters. The minimum atomic E-state index is 0.617. The lowest BCUT2D eigenvalue weighted by atomic mass is 9.66. The van der Waals surface area contributed by atoms with Gasteiger partial charge in [0.1, 0.15) is 0 Å². The summed E-state index contributed by atoms with van der Waals surface area (Å²) in [7, 11) is 0. The van der Waals surface area contributed by atoms with Gasteiger partial charge in [0.05, 0.1) is 0 Å². The normalized spacial score (nSPS) is 30.5. The summed E-state index contributed by atoms with van der Waals surface area (Å²) >= 11 is 0. The number of nitrogens with zero attached hydrogens (tertiary/aromatic N) is 1. The van der Waals surface area contributed by atoms with E-state index in [1.54, 1.807) is 5.56 Å². The molecule has 1 spiro atoms. The van der Waals surface area contributed by atoms with Crippen LogP contribution in [0, 0.1) is 5.41 Å². The van der Waals surface area contributed by atoms with Crippen molar-refractivity contribution in [1.82, 2.24) is 10.2 Å². The van der Waals surface area contributed by atoms with E-state index >= 15 is 0 Å². The Hall–Kier alpha value is -0.860. The molecular formula is C18H26N2. The highest BCUT2D eigenvalue weighted by molar-refractivity contribution is 5.27. The first-order valence-electron chi connectivity index (χ1n) is 8.40. The molecule has 0 bridgehead atoms. The summed E-state index contributed by atoms with van der Waals surface area (Å²) in [5, 5.41) is 3.51. The first-order valence-corrected chi connectivity index (χ1v) is 8.40. The van der Waals surface area contributed by atoms with Crippen LogP contribution in [0.3, 0.4) is 0 Å². The monoisotopic (exact) mass is 270 g/mol. The van der Waals surface area contributed by atoms with Crippen LogP contribution in [0.4, 0.5) is 0 Å². The molecule has 2 aliphatic heterocycles. The second-order valence-electron chi connectivity index (χ2n) is 7.04. The Bertz CT molecular complexity index is 444. The summed E-state index contributed by atoms with van der Waals surface area (Å²) < 4.78 is 0. The van der Waals surface area contributed by atoms with Gasteiger partial charge in [0.15, 0.2) is 0 Å². The molecule has 4 rings (SSSR count). The molecule has 1 aliphatic carbocycles. The predicted molar refractivity (Wildman–Crippen MR) is 82.7 cm³/mol. The van der Waals surface area contributed by atoms with Crippen LogP contribution in [0.5, 0.6) is 0 Å². The molecule has 2 saturated heterocycles. The fourth-order valence-electron chi connectivity index (χ4n) is 4.95. The SMILES string of the molecule is c1ccc([C@H]2N(C3CCNCC3)CC23CCCC3)cc1. The number of rotatable bonds is 2. The number of hydrogen-bond acceptors (Lipinski definition) is 2. The second-order valence-corrected chi connectivity index (χ2v) is 7.04. The van der Waals surface area contributed by atoms with E-state index < -0.39 is 0 Å². The zero-order valence-electron chi connectivity index (χ0n) is 12.4. The van der Waals surface area contributed by atoms with E-state index in [1.165, 1.54) is 58.2 Å². The lowest BCUT2D eigenvalue weighted by Crippen LogP contribution is -2.62. The van der Waals surface area contributed by atoms with Crippen molar-refractivity contribution in [3.63, 3.8) is 0 Å². The lowest BCUT2D eigenvalue weighted by molar-refractivity contribution is -0.107. The van der Waals surface area contributed by atoms with E-state index in [1.807, 2.05) is 0 Å². The molecule has 1 saturated carbocycles.